The molecule has 4 atom stereocenters. The van der Waals surface area contributed by atoms with Crippen molar-refractivity contribution in [3.8, 4) is 0 Å². The van der Waals surface area contributed by atoms with Crippen LogP contribution in [0.15, 0.2) is 12.2 Å². The summed E-state index contributed by atoms with van der Waals surface area (Å²) >= 11 is 0. The maximum Gasteiger partial charge on any atom is 0.308 e. The number of hydrogen-bond acceptors (Lipinski definition) is 10. The van der Waals surface area contributed by atoms with Crippen LogP contribution in [-0.2, 0) is 32.7 Å². The van der Waals surface area contributed by atoms with Crippen molar-refractivity contribution in [2.24, 2.45) is 5.92 Å². The topological polar surface area (TPSA) is 152 Å². The summed E-state index contributed by atoms with van der Waals surface area (Å²) < 4.78 is 32.5. The molecule has 51 heavy (non-hydrogen) atoms. The maximum atomic E-state index is 12.7. The molecule has 0 aromatic carbocycles. The predicted octanol–water partition coefficient (Wildman–Crippen LogP) is 9.67. The van der Waals surface area contributed by atoms with Crippen LogP contribution in [0.25, 0.3) is 0 Å². The summed E-state index contributed by atoms with van der Waals surface area (Å²) in [5.41, 5.74) is 0. The molecule has 0 radical (unpaired) electrons. The van der Waals surface area contributed by atoms with Crippen LogP contribution >= 0.6 is 7.82 Å². The van der Waals surface area contributed by atoms with E-state index in [0.29, 0.717) is 12.8 Å². The molecule has 0 amide bonds. The summed E-state index contributed by atoms with van der Waals surface area (Å²) in [4.78, 5) is 37.4. The Kier molecular flexibility index (Phi) is 34.8. The molecule has 0 fully saturated rings. The Labute approximate surface area is 311 Å². The summed E-state index contributed by atoms with van der Waals surface area (Å²) in [7, 11) is -4.87. The zero-order valence-corrected chi connectivity index (χ0v) is 33.6. The van der Waals surface area contributed by atoms with Gasteiger partial charge in [-0.25, -0.2) is 0 Å². The van der Waals surface area contributed by atoms with Gasteiger partial charge in [-0.05, 0) is 38.5 Å². The van der Waals surface area contributed by atoms with E-state index >= 15 is 0 Å². The zero-order valence-electron chi connectivity index (χ0n) is 32.7. The molecular weight excluding hydrogens is 671 g/mol. The first-order valence-corrected chi connectivity index (χ1v) is 22.0. The fourth-order valence-corrected chi connectivity index (χ4v) is 6.47. The molecule has 11 heteroatoms. The minimum atomic E-state index is -4.87. The fraction of sp³-hybridized carbons (Fsp3) is 0.900. The SMILES string of the molecule is CCCCCCCCC=CCCCCCCCC(=O)OC(COC(=O)C(C)CCCCCCCCCCCCC)COP(=O)([O-])OCC(O)CO. The highest BCUT2D eigenvalue weighted by Gasteiger charge is 2.23. The minimum Gasteiger partial charge on any atom is -0.756 e. The molecule has 4 unspecified atom stereocenters. The monoisotopic (exact) mass is 748 g/mol. The number of hydrogen-bond donors (Lipinski definition) is 2. The Morgan fingerprint density at radius 2 is 1.12 bits per heavy atom. The van der Waals surface area contributed by atoms with Gasteiger partial charge in [0, 0.05) is 6.42 Å². The Bertz CT molecular complexity index is 883. The van der Waals surface area contributed by atoms with E-state index in [-0.39, 0.29) is 18.9 Å². The van der Waals surface area contributed by atoms with Crippen LogP contribution < -0.4 is 4.89 Å². The Hall–Kier alpha value is -1.29. The number of phosphoric acid groups is 1. The van der Waals surface area contributed by atoms with Gasteiger partial charge in [-0.2, -0.15) is 0 Å². The molecule has 0 heterocycles. The summed E-state index contributed by atoms with van der Waals surface area (Å²) in [6.45, 7) is 3.96. The molecule has 0 spiro atoms. The van der Waals surface area contributed by atoms with Crippen LogP contribution in [0.2, 0.25) is 0 Å². The van der Waals surface area contributed by atoms with Gasteiger partial charge >= 0.3 is 11.9 Å². The van der Waals surface area contributed by atoms with Gasteiger partial charge in [0.1, 0.15) is 12.7 Å². The average molecular weight is 748 g/mol. The zero-order chi connectivity index (χ0) is 37.8. The average Bonchev–Trinajstić information content (AvgIpc) is 3.12. The van der Waals surface area contributed by atoms with Gasteiger partial charge in [0.2, 0.25) is 0 Å². The smallest absolute Gasteiger partial charge is 0.308 e. The maximum absolute atomic E-state index is 12.7. The number of unbranched alkanes of at least 4 members (excludes halogenated alkanes) is 21. The second kappa shape index (κ2) is 35.7. The molecule has 0 aromatic rings. The number of ether oxygens (including phenoxy) is 2. The van der Waals surface area contributed by atoms with Gasteiger partial charge < -0.3 is 33.6 Å². The summed E-state index contributed by atoms with van der Waals surface area (Å²) in [5.74, 6) is -1.30. The van der Waals surface area contributed by atoms with Crippen LogP contribution in [0.3, 0.4) is 0 Å². The highest BCUT2D eigenvalue weighted by molar-refractivity contribution is 7.45. The Morgan fingerprint density at radius 1 is 0.667 bits per heavy atom. The van der Waals surface area contributed by atoms with Crippen LogP contribution in [0, 0.1) is 5.92 Å². The molecule has 302 valence electrons. The highest BCUT2D eigenvalue weighted by atomic mass is 31.2. The lowest BCUT2D eigenvalue weighted by Gasteiger charge is -2.26. The molecule has 0 bridgehead atoms. The third-order valence-electron chi connectivity index (χ3n) is 9.05. The third kappa shape index (κ3) is 34.2. The van der Waals surface area contributed by atoms with Gasteiger partial charge in [0.15, 0.2) is 6.10 Å². The molecule has 10 nitrogen and oxygen atoms in total. The van der Waals surface area contributed by atoms with Gasteiger partial charge in [-0.3, -0.25) is 14.2 Å². The van der Waals surface area contributed by atoms with Crippen molar-refractivity contribution in [3.05, 3.63) is 12.2 Å². The number of esters is 2. The summed E-state index contributed by atoms with van der Waals surface area (Å²) in [6.07, 6.45) is 31.2. The second-order valence-electron chi connectivity index (χ2n) is 14.2. The Balaban J connectivity index is 4.46. The molecule has 0 saturated heterocycles. The van der Waals surface area contributed by atoms with Crippen molar-refractivity contribution in [2.45, 2.75) is 200 Å². The lowest BCUT2D eigenvalue weighted by atomic mass is 10.0. The first-order chi connectivity index (χ1) is 24.6. The normalized spacial score (nSPS) is 14.7. The van der Waals surface area contributed by atoms with Crippen LogP contribution in [-0.4, -0.2) is 60.8 Å². The first-order valence-electron chi connectivity index (χ1n) is 20.5. The molecule has 0 saturated carbocycles. The third-order valence-corrected chi connectivity index (χ3v) is 9.98. The highest BCUT2D eigenvalue weighted by Crippen LogP contribution is 2.38. The number of aliphatic hydroxyl groups is 2. The van der Waals surface area contributed by atoms with E-state index in [1.54, 1.807) is 6.92 Å². The van der Waals surface area contributed by atoms with Gasteiger partial charge in [-0.1, -0.05) is 155 Å². The van der Waals surface area contributed by atoms with Crippen molar-refractivity contribution in [3.63, 3.8) is 0 Å². The number of rotatable bonds is 38. The van der Waals surface area contributed by atoms with E-state index in [1.807, 2.05) is 0 Å². The number of aliphatic hydroxyl groups excluding tert-OH is 2. The minimum absolute atomic E-state index is 0.159. The molecule has 2 N–H and O–H groups in total. The Morgan fingerprint density at radius 3 is 1.63 bits per heavy atom. The first kappa shape index (κ1) is 49.7. The van der Waals surface area contributed by atoms with Crippen LogP contribution in [0.4, 0.5) is 0 Å². The standard InChI is InChI=1S/C40H77O10P/c1-4-6-8-10-12-14-16-17-18-19-21-23-25-27-29-31-39(43)50-38(35-49-51(45,46)48-33-37(42)32-41)34-47-40(44)36(3)30-28-26-24-22-20-15-13-11-9-7-5-2/h17-18,36-38,41-42H,4-16,19-35H2,1-3H3,(H,45,46)/p-1. The largest absolute Gasteiger partial charge is 0.756 e. The molecule has 0 aromatic heterocycles. The van der Waals surface area contributed by atoms with Gasteiger partial charge in [0.25, 0.3) is 7.82 Å². The molecule has 0 aliphatic rings. The van der Waals surface area contributed by atoms with Crippen LogP contribution in [0.1, 0.15) is 188 Å². The van der Waals surface area contributed by atoms with Crippen molar-refractivity contribution in [1.29, 1.82) is 0 Å². The van der Waals surface area contributed by atoms with Crippen LogP contribution in [0.5, 0.6) is 0 Å². The molecule has 0 aliphatic carbocycles. The van der Waals surface area contributed by atoms with Crippen molar-refractivity contribution < 1.29 is 47.8 Å². The van der Waals surface area contributed by atoms with Crippen molar-refractivity contribution in [2.75, 3.05) is 26.4 Å². The fourth-order valence-electron chi connectivity index (χ4n) is 5.69. The van der Waals surface area contributed by atoms with E-state index < -0.39 is 51.8 Å². The molecular formula is C40H76O10P-. The summed E-state index contributed by atoms with van der Waals surface area (Å²) in [5, 5.41) is 18.3. The van der Waals surface area contributed by atoms with Gasteiger partial charge in [-0.15, -0.1) is 0 Å². The summed E-state index contributed by atoms with van der Waals surface area (Å²) in [6, 6.07) is 0. The number of carbonyl (C=O) groups excluding carboxylic acids is 2. The van der Waals surface area contributed by atoms with E-state index in [0.717, 1.165) is 57.8 Å². The van der Waals surface area contributed by atoms with E-state index in [4.69, 9.17) is 19.1 Å². The lowest BCUT2D eigenvalue weighted by molar-refractivity contribution is -0.230. The van der Waals surface area contributed by atoms with E-state index in [1.165, 1.54) is 89.9 Å². The van der Waals surface area contributed by atoms with Crippen molar-refractivity contribution >= 4 is 19.8 Å². The quantitative estimate of drug-likeness (QED) is 0.0270. The molecule has 0 rings (SSSR count). The number of carbonyl (C=O) groups is 2. The van der Waals surface area contributed by atoms with E-state index in [2.05, 4.69) is 30.5 Å². The van der Waals surface area contributed by atoms with E-state index in [9.17, 15) is 24.2 Å². The predicted molar refractivity (Wildman–Crippen MR) is 203 cm³/mol. The molecule has 0 aliphatic heterocycles. The van der Waals surface area contributed by atoms with Gasteiger partial charge in [0.05, 0.1) is 25.7 Å². The number of phosphoric ester groups is 1. The second-order valence-corrected chi connectivity index (χ2v) is 15.6. The van der Waals surface area contributed by atoms with Crippen molar-refractivity contribution in [1.82, 2.24) is 0 Å². The number of allylic oxidation sites excluding steroid dienone is 2. The lowest BCUT2D eigenvalue weighted by Crippen LogP contribution is -2.31.